The molecular formula is C82H53F2N7. The van der Waals surface area contributed by atoms with Crippen molar-refractivity contribution in [2.24, 2.45) is 4.99 Å². The first-order valence-electron chi connectivity index (χ1n) is 29.9. The summed E-state index contributed by atoms with van der Waals surface area (Å²) < 4.78 is 38.1. The maximum Gasteiger partial charge on any atom is 0.134 e. The zero-order chi connectivity index (χ0) is 61.5. The molecule has 0 saturated carbocycles. The fourth-order valence-corrected chi connectivity index (χ4v) is 12.5. The fraction of sp³-hybridized carbons (Fsp3) is 0.0122. The number of aliphatic imine (C=N–C) groups is 1. The standard InChI is InChI=1S/C82H53F2N7/c1-3-53(48-86-52(2)54-17-8-4-9-18-54)58-30-37-76-66(41-58)67-42-59(62-27-34-73(87-49-62)55-19-10-5-11-20-55)31-38-77(67)90(76)80-46-70(82-71(83)25-16-26-72(82)84)81(45-65(80)47-85)91-78-39-32-60(63-28-35-74(88-50-63)56-21-12-6-13-22-56)43-68(78)69-44-61(33-40-79(69)91)64-29-36-75(89-51-64)57-23-14-7-15-24-57/h3-46,48-51H,1H2,2H3/b53-48+,86-52?. The lowest BCUT2D eigenvalue weighted by atomic mass is 9.98. The Bertz CT molecular complexity index is 5260. The van der Waals surface area contributed by atoms with Crippen molar-refractivity contribution in [2.45, 2.75) is 6.92 Å². The van der Waals surface area contributed by atoms with Gasteiger partial charge >= 0.3 is 0 Å². The number of benzene rings is 10. The molecule has 0 aliphatic rings. The number of rotatable bonds is 13. The van der Waals surface area contributed by atoms with Crippen molar-refractivity contribution in [3.63, 3.8) is 0 Å². The SMILES string of the molecule is C=C/C(=C\N=C(C)c1ccccc1)c1ccc2c(c1)c1cc(-c3ccc(-c4ccccc4)nc3)ccc1n2-c1cc(-c2c(F)cccc2F)c(-n2c3ccc(-c4ccc(-c5ccccc5)nc4)cc3c3cc(-c4ccc(-c5ccccc5)nc4)ccc32)cc1C#N. The highest BCUT2D eigenvalue weighted by Gasteiger charge is 2.26. The van der Waals surface area contributed by atoms with Crippen LogP contribution in [-0.4, -0.2) is 29.8 Å². The van der Waals surface area contributed by atoms with Gasteiger partial charge in [0, 0.05) is 91.0 Å². The van der Waals surface area contributed by atoms with E-state index >= 15 is 8.78 Å². The molecule has 5 heterocycles. The molecule has 0 saturated heterocycles. The molecule has 430 valence electrons. The van der Waals surface area contributed by atoms with Gasteiger partial charge in [0.25, 0.3) is 0 Å². The molecule has 91 heavy (non-hydrogen) atoms. The number of aromatic nitrogens is 5. The van der Waals surface area contributed by atoms with Crippen LogP contribution in [0.1, 0.15) is 23.6 Å². The first-order valence-corrected chi connectivity index (χ1v) is 29.9. The molecule has 0 N–H and O–H groups in total. The number of nitrogens with zero attached hydrogens (tertiary/aromatic N) is 7. The van der Waals surface area contributed by atoms with Crippen LogP contribution in [0.5, 0.6) is 0 Å². The van der Waals surface area contributed by atoms with E-state index in [9.17, 15) is 5.26 Å². The van der Waals surface area contributed by atoms with E-state index in [1.54, 1.807) is 18.2 Å². The van der Waals surface area contributed by atoms with Crippen LogP contribution in [0.15, 0.2) is 303 Å². The summed E-state index contributed by atoms with van der Waals surface area (Å²) in [5.74, 6) is -1.50. The molecule has 9 heteroatoms. The molecular weight excluding hydrogens is 1120 g/mol. The summed E-state index contributed by atoms with van der Waals surface area (Å²) in [4.78, 5) is 19.6. The quantitative estimate of drug-likeness (QED) is 0.0850. The van der Waals surface area contributed by atoms with Crippen LogP contribution >= 0.6 is 0 Å². The predicted octanol–water partition coefficient (Wildman–Crippen LogP) is 20.9. The van der Waals surface area contributed by atoms with E-state index in [4.69, 9.17) is 19.9 Å². The third-order valence-corrected chi connectivity index (χ3v) is 17.1. The highest BCUT2D eigenvalue weighted by atomic mass is 19.1. The average Bonchev–Trinajstić information content (AvgIpc) is 1.62. The van der Waals surface area contributed by atoms with Gasteiger partial charge in [-0.05, 0) is 131 Å². The van der Waals surface area contributed by atoms with Crippen LogP contribution in [0.3, 0.4) is 0 Å². The van der Waals surface area contributed by atoms with Crippen molar-refractivity contribution in [1.29, 1.82) is 5.26 Å². The Kier molecular flexibility index (Phi) is 14.3. The van der Waals surface area contributed by atoms with Crippen LogP contribution in [0.25, 0.3) is 139 Å². The third kappa shape index (κ3) is 10.2. The summed E-state index contributed by atoms with van der Waals surface area (Å²) >= 11 is 0. The van der Waals surface area contributed by atoms with Gasteiger partial charge in [-0.2, -0.15) is 5.26 Å². The van der Waals surface area contributed by atoms with Crippen molar-refractivity contribution in [2.75, 3.05) is 0 Å². The zero-order valence-electron chi connectivity index (χ0n) is 49.3. The summed E-state index contributed by atoms with van der Waals surface area (Å²) in [6, 6.07) is 87.5. The molecule has 0 amide bonds. The van der Waals surface area contributed by atoms with Gasteiger partial charge in [0.05, 0.1) is 61.7 Å². The maximum absolute atomic E-state index is 17.0. The van der Waals surface area contributed by atoms with Crippen LogP contribution < -0.4 is 0 Å². The number of pyridine rings is 3. The number of nitriles is 1. The Labute approximate surface area is 524 Å². The van der Waals surface area contributed by atoms with Gasteiger partial charge in [0.2, 0.25) is 0 Å². The van der Waals surface area contributed by atoms with Gasteiger partial charge in [-0.15, -0.1) is 0 Å². The molecule has 0 bridgehead atoms. The van der Waals surface area contributed by atoms with E-state index in [0.717, 1.165) is 133 Å². The van der Waals surface area contributed by atoms with Crippen molar-refractivity contribution < 1.29 is 8.78 Å². The van der Waals surface area contributed by atoms with E-state index in [0.29, 0.717) is 11.4 Å². The van der Waals surface area contributed by atoms with E-state index < -0.39 is 11.6 Å². The second-order valence-electron chi connectivity index (χ2n) is 22.5. The lowest BCUT2D eigenvalue weighted by molar-refractivity contribution is 0.589. The molecule has 0 radical (unpaired) electrons. The van der Waals surface area contributed by atoms with Crippen LogP contribution in [0.2, 0.25) is 0 Å². The largest absolute Gasteiger partial charge is 0.309 e. The van der Waals surface area contributed by atoms with Crippen LogP contribution in [0, 0.1) is 23.0 Å². The molecule has 0 fully saturated rings. The smallest absolute Gasteiger partial charge is 0.134 e. The minimum atomic E-state index is -0.752. The number of hydrogen-bond acceptors (Lipinski definition) is 5. The molecule has 0 spiro atoms. The second kappa shape index (κ2) is 23.5. The number of halogens is 2. The molecule has 0 unspecified atom stereocenters. The topological polar surface area (TPSA) is 84.7 Å². The van der Waals surface area contributed by atoms with E-state index in [2.05, 4.69) is 55.1 Å². The Hall–Kier alpha value is -12.3. The summed E-state index contributed by atoms with van der Waals surface area (Å²) in [7, 11) is 0. The second-order valence-corrected chi connectivity index (χ2v) is 22.5. The van der Waals surface area contributed by atoms with Crippen molar-refractivity contribution >= 4 is 54.9 Å². The molecule has 15 rings (SSSR count). The van der Waals surface area contributed by atoms with Gasteiger partial charge in [-0.3, -0.25) is 19.9 Å². The Morgan fingerprint density at radius 1 is 0.418 bits per heavy atom. The Balaban J connectivity index is 0.944. The van der Waals surface area contributed by atoms with Crippen LogP contribution in [-0.2, 0) is 0 Å². The first kappa shape index (κ1) is 55.3. The van der Waals surface area contributed by atoms with Gasteiger partial charge < -0.3 is 9.13 Å². The van der Waals surface area contributed by atoms with Gasteiger partial charge in [-0.1, -0.05) is 183 Å². The van der Waals surface area contributed by atoms with E-state index in [-0.39, 0.29) is 16.7 Å². The van der Waals surface area contributed by atoms with Crippen molar-refractivity contribution in [3.8, 4) is 95.7 Å². The Morgan fingerprint density at radius 3 is 1.24 bits per heavy atom. The monoisotopic (exact) mass is 1170 g/mol. The highest BCUT2D eigenvalue weighted by molar-refractivity contribution is 6.14. The van der Waals surface area contributed by atoms with Gasteiger partial charge in [0.1, 0.15) is 17.7 Å². The maximum atomic E-state index is 17.0. The Morgan fingerprint density at radius 2 is 0.824 bits per heavy atom. The van der Waals surface area contributed by atoms with Gasteiger partial charge in [0.15, 0.2) is 0 Å². The fourth-order valence-electron chi connectivity index (χ4n) is 12.5. The number of allylic oxidation sites excluding steroid dienone is 2. The summed E-state index contributed by atoms with van der Waals surface area (Å²) in [6.07, 6.45) is 9.30. The molecule has 0 atom stereocenters. The molecule has 0 aliphatic carbocycles. The summed E-state index contributed by atoms with van der Waals surface area (Å²) in [5, 5.41) is 15.2. The summed E-state index contributed by atoms with van der Waals surface area (Å²) in [5.41, 5.74) is 18.9. The van der Waals surface area contributed by atoms with E-state index in [1.165, 1.54) is 18.2 Å². The van der Waals surface area contributed by atoms with Crippen molar-refractivity contribution in [1.82, 2.24) is 24.1 Å². The van der Waals surface area contributed by atoms with Gasteiger partial charge in [-0.25, -0.2) is 8.78 Å². The first-order chi connectivity index (χ1) is 44.8. The lowest BCUT2D eigenvalue weighted by Gasteiger charge is -2.19. The zero-order valence-corrected chi connectivity index (χ0v) is 49.3. The lowest BCUT2D eigenvalue weighted by Crippen LogP contribution is -2.05. The van der Waals surface area contributed by atoms with Crippen molar-refractivity contribution in [3.05, 3.63) is 327 Å². The highest BCUT2D eigenvalue weighted by Crippen LogP contribution is 2.45. The normalized spacial score (nSPS) is 11.8. The number of hydrogen-bond donors (Lipinski definition) is 0. The molecule has 10 aromatic carbocycles. The number of fused-ring (bicyclic) bond motifs is 6. The van der Waals surface area contributed by atoms with Crippen LogP contribution in [0.4, 0.5) is 8.78 Å². The molecule has 7 nitrogen and oxygen atoms in total. The van der Waals surface area contributed by atoms with E-state index in [1.807, 2.05) is 229 Å². The molecule has 15 aromatic rings. The predicted molar refractivity (Wildman–Crippen MR) is 368 cm³/mol. The minimum absolute atomic E-state index is 0.232. The molecule has 0 aliphatic heterocycles. The molecule has 5 aromatic heterocycles. The minimum Gasteiger partial charge on any atom is -0.309 e. The summed E-state index contributed by atoms with van der Waals surface area (Å²) in [6.45, 7) is 6.20. The average molecular weight is 1170 g/mol. The third-order valence-electron chi connectivity index (χ3n) is 17.1.